The number of thioether (sulfide) groups is 1. The maximum Gasteiger partial charge on any atom is 0.0539 e. The van der Waals surface area contributed by atoms with Gasteiger partial charge in [0.25, 0.3) is 0 Å². The standard InChI is InChI=1S/C14H22N2S/c1-11(2)12-5-3-6-13-14(12)16(8-4-7-15)9-10-17-13/h3,5-6,11H,4,7-10,15H2,1-2H3. The number of hydrogen-bond donors (Lipinski definition) is 1. The molecule has 1 aromatic carbocycles. The molecule has 94 valence electrons. The summed E-state index contributed by atoms with van der Waals surface area (Å²) < 4.78 is 0. The van der Waals surface area contributed by atoms with Crippen LogP contribution in [-0.2, 0) is 0 Å². The molecule has 0 radical (unpaired) electrons. The van der Waals surface area contributed by atoms with Crippen molar-refractivity contribution in [3.05, 3.63) is 23.8 Å². The van der Waals surface area contributed by atoms with Gasteiger partial charge in [-0.25, -0.2) is 0 Å². The molecular formula is C14H22N2S. The highest BCUT2D eigenvalue weighted by Gasteiger charge is 2.21. The van der Waals surface area contributed by atoms with Crippen molar-refractivity contribution in [2.75, 3.05) is 30.3 Å². The highest BCUT2D eigenvalue weighted by molar-refractivity contribution is 7.99. The van der Waals surface area contributed by atoms with Crippen molar-refractivity contribution in [2.24, 2.45) is 5.73 Å². The Morgan fingerprint density at radius 2 is 2.24 bits per heavy atom. The fourth-order valence-electron chi connectivity index (χ4n) is 2.34. The second kappa shape index (κ2) is 5.78. The van der Waals surface area contributed by atoms with Gasteiger partial charge >= 0.3 is 0 Å². The molecule has 0 spiro atoms. The molecular weight excluding hydrogens is 228 g/mol. The Morgan fingerprint density at radius 3 is 2.94 bits per heavy atom. The Bertz CT molecular complexity index is 376. The highest BCUT2D eigenvalue weighted by Crippen LogP contribution is 2.40. The Kier molecular flexibility index (Phi) is 4.35. The number of hydrogen-bond acceptors (Lipinski definition) is 3. The summed E-state index contributed by atoms with van der Waals surface area (Å²) in [7, 11) is 0. The smallest absolute Gasteiger partial charge is 0.0539 e. The van der Waals surface area contributed by atoms with E-state index >= 15 is 0 Å². The Labute approximate surface area is 109 Å². The third-order valence-electron chi connectivity index (χ3n) is 3.22. The zero-order valence-electron chi connectivity index (χ0n) is 10.8. The van der Waals surface area contributed by atoms with Crippen LogP contribution in [0.3, 0.4) is 0 Å². The van der Waals surface area contributed by atoms with Crippen molar-refractivity contribution < 1.29 is 0 Å². The Balaban J connectivity index is 2.33. The van der Waals surface area contributed by atoms with Gasteiger partial charge in [0, 0.05) is 23.7 Å². The molecule has 0 fully saturated rings. The lowest BCUT2D eigenvalue weighted by atomic mass is 10.00. The number of anilines is 1. The molecule has 17 heavy (non-hydrogen) atoms. The Hall–Kier alpha value is -0.670. The molecule has 0 aliphatic carbocycles. The van der Waals surface area contributed by atoms with Crippen LogP contribution < -0.4 is 10.6 Å². The summed E-state index contributed by atoms with van der Waals surface area (Å²) in [5.41, 5.74) is 8.58. The first-order chi connectivity index (χ1) is 8.24. The number of nitrogens with two attached hydrogens (primary N) is 1. The molecule has 2 nitrogen and oxygen atoms in total. The minimum Gasteiger partial charge on any atom is -0.370 e. The van der Waals surface area contributed by atoms with E-state index in [1.54, 1.807) is 0 Å². The van der Waals surface area contributed by atoms with Crippen molar-refractivity contribution in [1.29, 1.82) is 0 Å². The average Bonchev–Trinajstić information content (AvgIpc) is 2.35. The van der Waals surface area contributed by atoms with E-state index in [1.807, 2.05) is 11.8 Å². The van der Waals surface area contributed by atoms with Crippen molar-refractivity contribution in [3.8, 4) is 0 Å². The number of benzene rings is 1. The van der Waals surface area contributed by atoms with Crippen molar-refractivity contribution in [3.63, 3.8) is 0 Å². The van der Waals surface area contributed by atoms with Crippen molar-refractivity contribution in [2.45, 2.75) is 31.1 Å². The fraction of sp³-hybridized carbons (Fsp3) is 0.571. The van der Waals surface area contributed by atoms with Crippen LogP contribution in [0.25, 0.3) is 0 Å². The molecule has 1 aromatic rings. The summed E-state index contributed by atoms with van der Waals surface area (Å²) >= 11 is 1.98. The lowest BCUT2D eigenvalue weighted by molar-refractivity contribution is 0.733. The van der Waals surface area contributed by atoms with Crippen LogP contribution >= 0.6 is 11.8 Å². The van der Waals surface area contributed by atoms with E-state index in [1.165, 1.54) is 21.9 Å². The molecule has 0 aromatic heterocycles. The summed E-state index contributed by atoms with van der Waals surface area (Å²) in [5.74, 6) is 1.78. The molecule has 1 heterocycles. The van der Waals surface area contributed by atoms with Crippen LogP contribution in [0.15, 0.2) is 23.1 Å². The van der Waals surface area contributed by atoms with E-state index in [9.17, 15) is 0 Å². The summed E-state index contributed by atoms with van der Waals surface area (Å²) in [6, 6.07) is 6.71. The van der Waals surface area contributed by atoms with Crippen LogP contribution in [0, 0.1) is 0 Å². The van der Waals surface area contributed by atoms with Crippen LogP contribution in [0.4, 0.5) is 5.69 Å². The van der Waals surface area contributed by atoms with Gasteiger partial charge in [0.05, 0.1) is 5.69 Å². The summed E-state index contributed by atoms with van der Waals surface area (Å²) in [6.45, 7) is 7.57. The minimum absolute atomic E-state index is 0.587. The molecule has 0 amide bonds. The van der Waals surface area contributed by atoms with Crippen LogP contribution in [0.2, 0.25) is 0 Å². The van der Waals surface area contributed by atoms with Crippen molar-refractivity contribution >= 4 is 17.4 Å². The van der Waals surface area contributed by atoms with Crippen LogP contribution in [-0.4, -0.2) is 25.4 Å². The highest BCUT2D eigenvalue weighted by atomic mass is 32.2. The first kappa shape index (κ1) is 12.8. The summed E-state index contributed by atoms with van der Waals surface area (Å²) in [6.07, 6.45) is 1.08. The fourth-order valence-corrected chi connectivity index (χ4v) is 3.43. The monoisotopic (exact) mass is 250 g/mol. The van der Waals surface area contributed by atoms with Gasteiger partial charge in [-0.1, -0.05) is 26.0 Å². The Morgan fingerprint density at radius 1 is 1.41 bits per heavy atom. The van der Waals surface area contributed by atoms with Gasteiger partial charge in [-0.05, 0) is 30.5 Å². The van der Waals surface area contributed by atoms with Crippen molar-refractivity contribution in [1.82, 2.24) is 0 Å². The van der Waals surface area contributed by atoms with E-state index < -0.39 is 0 Å². The molecule has 0 unspecified atom stereocenters. The third-order valence-corrected chi connectivity index (χ3v) is 4.25. The molecule has 3 heteroatoms. The lowest BCUT2D eigenvalue weighted by Crippen LogP contribution is -2.32. The van der Waals surface area contributed by atoms with Crippen LogP contribution in [0.5, 0.6) is 0 Å². The molecule has 1 aliphatic heterocycles. The average molecular weight is 250 g/mol. The predicted molar refractivity (Wildman–Crippen MR) is 77.1 cm³/mol. The van der Waals surface area contributed by atoms with E-state index in [-0.39, 0.29) is 0 Å². The lowest BCUT2D eigenvalue weighted by Gasteiger charge is -2.33. The van der Waals surface area contributed by atoms with E-state index in [0.717, 1.165) is 26.1 Å². The zero-order valence-corrected chi connectivity index (χ0v) is 11.6. The van der Waals surface area contributed by atoms with E-state index in [2.05, 4.69) is 36.9 Å². The summed E-state index contributed by atoms with van der Waals surface area (Å²) in [4.78, 5) is 3.97. The second-order valence-corrected chi connectivity index (χ2v) is 5.96. The van der Waals surface area contributed by atoms with Gasteiger partial charge in [0.15, 0.2) is 0 Å². The number of nitrogens with zero attached hydrogens (tertiary/aromatic N) is 1. The topological polar surface area (TPSA) is 29.3 Å². The van der Waals surface area contributed by atoms with Gasteiger partial charge in [0.1, 0.15) is 0 Å². The third kappa shape index (κ3) is 2.78. The van der Waals surface area contributed by atoms with Gasteiger partial charge in [-0.15, -0.1) is 11.8 Å². The second-order valence-electron chi connectivity index (χ2n) is 4.83. The molecule has 0 bridgehead atoms. The van der Waals surface area contributed by atoms with Gasteiger partial charge < -0.3 is 10.6 Å². The number of fused-ring (bicyclic) bond motifs is 1. The van der Waals surface area contributed by atoms with Gasteiger partial charge in [0.2, 0.25) is 0 Å². The molecule has 0 saturated carbocycles. The van der Waals surface area contributed by atoms with Gasteiger partial charge in [-0.2, -0.15) is 0 Å². The minimum atomic E-state index is 0.587. The summed E-state index contributed by atoms with van der Waals surface area (Å²) in [5, 5.41) is 0. The molecule has 1 aliphatic rings. The first-order valence-electron chi connectivity index (χ1n) is 6.44. The van der Waals surface area contributed by atoms with E-state index in [0.29, 0.717) is 5.92 Å². The molecule has 2 rings (SSSR count). The first-order valence-corrected chi connectivity index (χ1v) is 7.43. The molecule has 0 saturated heterocycles. The maximum absolute atomic E-state index is 5.63. The SMILES string of the molecule is CC(C)c1cccc2c1N(CCCN)CCS2. The van der Waals surface area contributed by atoms with Gasteiger partial charge in [-0.3, -0.25) is 0 Å². The quantitative estimate of drug-likeness (QED) is 0.890. The molecule has 2 N–H and O–H groups in total. The normalized spacial score (nSPS) is 15.2. The molecule has 0 atom stereocenters. The predicted octanol–water partition coefficient (Wildman–Crippen LogP) is 3.07. The zero-order chi connectivity index (χ0) is 12.3. The maximum atomic E-state index is 5.63. The number of rotatable bonds is 4. The van der Waals surface area contributed by atoms with E-state index in [4.69, 9.17) is 5.73 Å². The number of para-hydroxylation sites is 1. The largest absolute Gasteiger partial charge is 0.370 e. The van der Waals surface area contributed by atoms with Crippen LogP contribution in [0.1, 0.15) is 31.7 Å².